The van der Waals surface area contributed by atoms with Crippen LogP contribution in [0.2, 0.25) is 0 Å². The normalized spacial score (nSPS) is 12.7. The van der Waals surface area contributed by atoms with Crippen LogP contribution >= 0.6 is 0 Å². The molecule has 10 aromatic carbocycles. The second-order valence-corrected chi connectivity index (χ2v) is 15.9. The maximum Gasteiger partial charge on any atom is 0.137 e. The second-order valence-electron chi connectivity index (χ2n) is 15.9. The van der Waals surface area contributed by atoms with Crippen LogP contribution < -0.4 is 4.90 Å². The molecule has 1 aliphatic carbocycles. The zero-order valence-electron chi connectivity index (χ0n) is 33.4. The molecular weight excluding hydrogens is 739 g/mol. The van der Waals surface area contributed by atoms with Crippen molar-refractivity contribution in [2.75, 3.05) is 4.90 Å². The van der Waals surface area contributed by atoms with Crippen LogP contribution in [0.15, 0.2) is 241 Å². The molecular formula is C59H39NO. The summed E-state index contributed by atoms with van der Waals surface area (Å²) < 4.78 is 6.59. The highest BCUT2D eigenvalue weighted by molar-refractivity contribution is 6.15. The molecule has 0 unspecified atom stereocenters. The molecule has 1 aromatic heterocycles. The number of furan rings is 1. The third-order valence-electron chi connectivity index (χ3n) is 12.7. The van der Waals surface area contributed by atoms with Gasteiger partial charge in [-0.15, -0.1) is 0 Å². The fourth-order valence-electron chi connectivity index (χ4n) is 10.2. The van der Waals surface area contributed by atoms with Gasteiger partial charge in [0, 0.05) is 16.6 Å². The second kappa shape index (κ2) is 14.1. The summed E-state index contributed by atoms with van der Waals surface area (Å²) in [6.45, 7) is 0. The van der Waals surface area contributed by atoms with Gasteiger partial charge in [-0.1, -0.05) is 200 Å². The number of rotatable bonds is 7. The minimum Gasteiger partial charge on any atom is -0.456 e. The summed E-state index contributed by atoms with van der Waals surface area (Å²) in [5, 5.41) is 4.60. The molecule has 0 N–H and O–H groups in total. The minimum atomic E-state index is -0.551. The molecule has 0 bridgehead atoms. The monoisotopic (exact) mass is 777 g/mol. The van der Waals surface area contributed by atoms with Crippen molar-refractivity contribution in [3.05, 3.63) is 259 Å². The van der Waals surface area contributed by atoms with Gasteiger partial charge in [0.25, 0.3) is 0 Å². The molecule has 0 fully saturated rings. The number of hydrogen-bond acceptors (Lipinski definition) is 2. The summed E-state index contributed by atoms with van der Waals surface area (Å²) in [5.41, 5.74) is 16.6. The lowest BCUT2D eigenvalue weighted by Gasteiger charge is -2.35. The van der Waals surface area contributed by atoms with Crippen LogP contribution in [0.1, 0.15) is 22.3 Å². The Morgan fingerprint density at radius 2 is 0.902 bits per heavy atom. The molecule has 0 amide bonds. The zero-order chi connectivity index (χ0) is 40.3. The van der Waals surface area contributed by atoms with Crippen LogP contribution in [-0.4, -0.2) is 0 Å². The summed E-state index contributed by atoms with van der Waals surface area (Å²) >= 11 is 0. The average Bonchev–Trinajstić information content (AvgIpc) is 3.86. The van der Waals surface area contributed by atoms with E-state index < -0.39 is 5.41 Å². The van der Waals surface area contributed by atoms with E-state index in [0.717, 1.165) is 44.6 Å². The molecule has 61 heavy (non-hydrogen) atoms. The van der Waals surface area contributed by atoms with Gasteiger partial charge in [0.2, 0.25) is 0 Å². The van der Waals surface area contributed by atoms with Crippen molar-refractivity contribution in [3.63, 3.8) is 0 Å². The average molecular weight is 778 g/mol. The van der Waals surface area contributed by atoms with Crippen LogP contribution in [0, 0.1) is 0 Å². The van der Waals surface area contributed by atoms with E-state index in [9.17, 15) is 0 Å². The van der Waals surface area contributed by atoms with E-state index in [-0.39, 0.29) is 0 Å². The third-order valence-corrected chi connectivity index (χ3v) is 12.7. The number of anilines is 3. The maximum absolute atomic E-state index is 6.59. The predicted molar refractivity (Wildman–Crippen MR) is 254 cm³/mol. The van der Waals surface area contributed by atoms with Gasteiger partial charge in [0.1, 0.15) is 11.2 Å². The molecule has 286 valence electrons. The summed E-state index contributed by atoms with van der Waals surface area (Å²) in [5.74, 6) is 0. The van der Waals surface area contributed by atoms with Crippen molar-refractivity contribution in [1.29, 1.82) is 0 Å². The van der Waals surface area contributed by atoms with Gasteiger partial charge in [-0.25, -0.2) is 0 Å². The molecule has 0 saturated carbocycles. The predicted octanol–water partition coefficient (Wildman–Crippen LogP) is 15.9. The zero-order valence-corrected chi connectivity index (χ0v) is 33.4. The van der Waals surface area contributed by atoms with E-state index in [0.29, 0.717) is 0 Å². The number of fused-ring (bicyclic) bond motifs is 7. The van der Waals surface area contributed by atoms with Crippen molar-refractivity contribution < 1.29 is 4.42 Å². The lowest BCUT2D eigenvalue weighted by atomic mass is 9.67. The van der Waals surface area contributed by atoms with E-state index in [4.69, 9.17) is 4.42 Å². The molecule has 11 aromatic rings. The van der Waals surface area contributed by atoms with Crippen molar-refractivity contribution in [1.82, 2.24) is 0 Å². The Hall–Kier alpha value is -7.94. The quantitative estimate of drug-likeness (QED) is 0.160. The van der Waals surface area contributed by atoms with Crippen molar-refractivity contribution in [3.8, 4) is 33.4 Å². The summed E-state index contributed by atoms with van der Waals surface area (Å²) in [7, 11) is 0. The third kappa shape index (κ3) is 5.36. The number of hydrogen-bond donors (Lipinski definition) is 0. The Balaban J connectivity index is 1.18. The molecule has 0 atom stereocenters. The van der Waals surface area contributed by atoms with E-state index in [1.165, 1.54) is 60.8 Å². The molecule has 2 nitrogen and oxygen atoms in total. The molecule has 0 saturated heterocycles. The number of para-hydroxylation sites is 2. The summed E-state index contributed by atoms with van der Waals surface area (Å²) in [4.78, 5) is 2.48. The molecule has 1 aliphatic rings. The fourth-order valence-corrected chi connectivity index (χ4v) is 10.2. The van der Waals surface area contributed by atoms with Gasteiger partial charge in [0.05, 0.1) is 22.2 Å². The van der Waals surface area contributed by atoms with Gasteiger partial charge < -0.3 is 9.32 Å². The highest BCUT2D eigenvalue weighted by Gasteiger charge is 2.46. The molecule has 1 heterocycles. The van der Waals surface area contributed by atoms with Crippen molar-refractivity contribution in [2.45, 2.75) is 5.41 Å². The largest absolute Gasteiger partial charge is 0.456 e. The first-order valence-corrected chi connectivity index (χ1v) is 21.0. The number of nitrogens with zero attached hydrogens (tertiary/aromatic N) is 1. The molecule has 0 radical (unpaired) electrons. The van der Waals surface area contributed by atoms with Gasteiger partial charge >= 0.3 is 0 Å². The number of benzene rings is 10. The van der Waals surface area contributed by atoms with Crippen molar-refractivity contribution >= 4 is 49.8 Å². The first-order chi connectivity index (χ1) is 30.3. The lowest BCUT2D eigenvalue weighted by molar-refractivity contribution is 0.669. The fraction of sp³-hybridized carbons (Fsp3) is 0.0169. The van der Waals surface area contributed by atoms with E-state index in [2.05, 4.69) is 235 Å². The SMILES string of the molecule is c1ccc(-c2cccc3cccc(-c4ccccc4N(c4ccc5c(c4)C(c4ccccc4)(c4ccccc4)c4ccccc4-5)c4cccc5oc6ccccc6c45)c23)cc1. The summed E-state index contributed by atoms with van der Waals surface area (Å²) in [6, 6.07) is 86.1. The molecule has 12 rings (SSSR count). The van der Waals surface area contributed by atoms with Crippen LogP contribution in [0.5, 0.6) is 0 Å². The topological polar surface area (TPSA) is 16.4 Å². The standard InChI is InChI=1S/C59H39NO/c1-4-19-40(20-5-1)45-30-16-21-41-22-17-31-49(57(41)45)48-28-11-14-33-53(48)60(54-34-18-36-56-58(54)50-29-12-15-35-55(50)61-56)44-37-38-47-46-27-10-13-32-51(46)59(52(47)39-44,42-23-6-2-7-24-42)43-25-8-3-9-26-43/h1-39H. The van der Waals surface area contributed by atoms with Gasteiger partial charge in [-0.3, -0.25) is 0 Å². The Morgan fingerprint density at radius 3 is 1.67 bits per heavy atom. The first-order valence-electron chi connectivity index (χ1n) is 21.0. The maximum atomic E-state index is 6.59. The van der Waals surface area contributed by atoms with Crippen LogP contribution in [0.4, 0.5) is 17.1 Å². The van der Waals surface area contributed by atoms with Gasteiger partial charge in [-0.2, -0.15) is 0 Å². The Labute approximate surface area is 355 Å². The van der Waals surface area contributed by atoms with E-state index in [1.807, 2.05) is 6.07 Å². The van der Waals surface area contributed by atoms with E-state index in [1.54, 1.807) is 0 Å². The Bertz CT molecular complexity index is 3380. The van der Waals surface area contributed by atoms with Gasteiger partial charge in [0.15, 0.2) is 0 Å². The molecule has 2 heteroatoms. The lowest BCUT2D eigenvalue weighted by Crippen LogP contribution is -2.28. The van der Waals surface area contributed by atoms with Crippen LogP contribution in [0.25, 0.3) is 66.1 Å². The minimum absolute atomic E-state index is 0.551. The Kier molecular flexibility index (Phi) is 8.11. The highest BCUT2D eigenvalue weighted by Crippen LogP contribution is 2.58. The summed E-state index contributed by atoms with van der Waals surface area (Å²) in [6.07, 6.45) is 0. The molecule has 0 spiro atoms. The highest BCUT2D eigenvalue weighted by atomic mass is 16.3. The van der Waals surface area contributed by atoms with E-state index >= 15 is 0 Å². The Morgan fingerprint density at radius 1 is 0.344 bits per heavy atom. The first kappa shape index (κ1) is 35.0. The van der Waals surface area contributed by atoms with Gasteiger partial charge in [-0.05, 0) is 97.2 Å². The van der Waals surface area contributed by atoms with Crippen molar-refractivity contribution in [2.24, 2.45) is 0 Å². The smallest absolute Gasteiger partial charge is 0.137 e. The van der Waals surface area contributed by atoms with Crippen LogP contribution in [-0.2, 0) is 5.41 Å². The van der Waals surface area contributed by atoms with Crippen LogP contribution in [0.3, 0.4) is 0 Å². The molecule has 0 aliphatic heterocycles.